The van der Waals surface area contributed by atoms with E-state index in [1.54, 1.807) is 6.92 Å². The summed E-state index contributed by atoms with van der Waals surface area (Å²) >= 11 is 0. The first-order chi connectivity index (χ1) is 10.9. The van der Waals surface area contributed by atoms with Crippen LogP contribution in [0.1, 0.15) is 25.0 Å². The highest BCUT2D eigenvalue weighted by Gasteiger charge is 2.52. The van der Waals surface area contributed by atoms with Crippen molar-refractivity contribution in [2.45, 2.75) is 32.5 Å². The predicted molar refractivity (Wildman–Crippen MR) is 93.3 cm³/mol. The van der Waals surface area contributed by atoms with Gasteiger partial charge in [-0.25, -0.2) is 0 Å². The lowest BCUT2D eigenvalue weighted by atomic mass is 9.92. The second-order valence-electron chi connectivity index (χ2n) is 5.37. The number of nitrogens with two attached hydrogens (primary N) is 1. The second-order valence-corrected chi connectivity index (χ2v) is 5.37. The Kier molecular flexibility index (Phi) is 10.4. The molecule has 0 aliphatic heterocycles. The number of nitrogens with zero attached hydrogens (tertiary/aromatic N) is 1. The number of rotatable bonds is 3. The van der Waals surface area contributed by atoms with Gasteiger partial charge in [0, 0.05) is 17.3 Å². The Labute approximate surface area is 142 Å². The predicted octanol–water partition coefficient (Wildman–Crippen LogP) is 3.73. The molecule has 1 rings (SSSR count). The summed E-state index contributed by atoms with van der Waals surface area (Å²) in [5, 5.41) is 9.60. The number of ether oxygens (including phenoxy) is 1. The Balaban J connectivity index is 0. The Morgan fingerprint density at radius 1 is 1.25 bits per heavy atom. The lowest BCUT2D eigenvalue weighted by Crippen LogP contribution is -2.39. The van der Waals surface area contributed by atoms with Gasteiger partial charge in [0.1, 0.15) is 5.75 Å². The summed E-state index contributed by atoms with van der Waals surface area (Å²) < 4.78 is 43.0. The SMILES string of the molecule is C=C.CCN(C)C.COc1cc(N)c(C)cc1C(C)(O)C(F)(F)F. The van der Waals surface area contributed by atoms with Gasteiger partial charge in [0.05, 0.1) is 7.11 Å². The zero-order valence-corrected chi connectivity index (χ0v) is 15.3. The van der Waals surface area contributed by atoms with Crippen LogP contribution in [0.15, 0.2) is 25.3 Å². The molecule has 0 spiro atoms. The molecule has 1 aromatic carbocycles. The van der Waals surface area contributed by atoms with Gasteiger partial charge in [-0.1, -0.05) is 6.92 Å². The molecule has 3 N–H and O–H groups in total. The first-order valence-corrected chi connectivity index (χ1v) is 7.26. The van der Waals surface area contributed by atoms with E-state index in [0.29, 0.717) is 18.2 Å². The summed E-state index contributed by atoms with van der Waals surface area (Å²) in [5.74, 6) is -0.0876. The van der Waals surface area contributed by atoms with E-state index in [9.17, 15) is 18.3 Å². The molecule has 1 aromatic rings. The molecule has 0 radical (unpaired) electrons. The standard InChI is InChI=1S/C11H14F3NO2.C4H11N.C2H4/c1-6-4-7(9(17-3)5-8(6)15)10(2,16)11(12,13)14;1-4-5(2)3;1-2/h4-5,16H,15H2,1-3H3;4H2,1-3H3;1-2H2. The molecule has 0 fully saturated rings. The summed E-state index contributed by atoms with van der Waals surface area (Å²) in [6.45, 7) is 11.5. The molecule has 0 aliphatic carbocycles. The highest BCUT2D eigenvalue weighted by atomic mass is 19.4. The highest BCUT2D eigenvalue weighted by Crippen LogP contribution is 2.43. The van der Waals surface area contributed by atoms with Crippen LogP contribution in [0, 0.1) is 6.92 Å². The van der Waals surface area contributed by atoms with Gasteiger partial charge >= 0.3 is 6.18 Å². The first-order valence-electron chi connectivity index (χ1n) is 7.26. The van der Waals surface area contributed by atoms with Gasteiger partial charge in [0.25, 0.3) is 0 Å². The summed E-state index contributed by atoms with van der Waals surface area (Å²) in [6.07, 6.45) is -4.79. The Morgan fingerprint density at radius 2 is 1.67 bits per heavy atom. The topological polar surface area (TPSA) is 58.7 Å². The molecule has 4 nitrogen and oxygen atoms in total. The fourth-order valence-electron chi connectivity index (χ4n) is 1.41. The Morgan fingerprint density at radius 3 is 1.96 bits per heavy atom. The van der Waals surface area contributed by atoms with E-state index in [-0.39, 0.29) is 11.3 Å². The average Bonchev–Trinajstić information content (AvgIpc) is 2.50. The third-order valence-electron chi connectivity index (χ3n) is 3.30. The number of hydrogen-bond donors (Lipinski definition) is 2. The van der Waals surface area contributed by atoms with E-state index in [1.807, 2.05) is 0 Å². The number of anilines is 1. The summed E-state index contributed by atoms with van der Waals surface area (Å²) in [5.41, 5.74) is 3.01. The van der Waals surface area contributed by atoms with Crippen molar-refractivity contribution >= 4 is 5.69 Å². The summed E-state index contributed by atoms with van der Waals surface area (Å²) in [6, 6.07) is 2.45. The van der Waals surface area contributed by atoms with Crippen LogP contribution in [0.2, 0.25) is 0 Å². The third kappa shape index (κ3) is 6.80. The zero-order valence-electron chi connectivity index (χ0n) is 15.3. The first kappa shape index (κ1) is 24.5. The fraction of sp³-hybridized carbons (Fsp3) is 0.529. The molecule has 0 heterocycles. The van der Waals surface area contributed by atoms with Crippen molar-refractivity contribution in [3.05, 3.63) is 36.4 Å². The molecule has 0 saturated heterocycles. The average molecular weight is 350 g/mol. The molecule has 0 saturated carbocycles. The largest absolute Gasteiger partial charge is 0.496 e. The van der Waals surface area contributed by atoms with Crippen LogP contribution in [0.4, 0.5) is 18.9 Å². The van der Waals surface area contributed by atoms with Crippen LogP contribution >= 0.6 is 0 Å². The quantitative estimate of drug-likeness (QED) is 0.644. The monoisotopic (exact) mass is 350 g/mol. The van der Waals surface area contributed by atoms with E-state index in [0.717, 1.165) is 6.54 Å². The van der Waals surface area contributed by atoms with Crippen LogP contribution < -0.4 is 10.5 Å². The Bertz CT molecular complexity index is 501. The molecule has 140 valence electrons. The number of aliphatic hydroxyl groups is 1. The van der Waals surface area contributed by atoms with Crippen molar-refractivity contribution in [3.63, 3.8) is 0 Å². The number of methoxy groups -OCH3 is 1. The highest BCUT2D eigenvalue weighted by molar-refractivity contribution is 5.56. The van der Waals surface area contributed by atoms with Crippen molar-refractivity contribution in [2.24, 2.45) is 0 Å². The van der Waals surface area contributed by atoms with E-state index >= 15 is 0 Å². The van der Waals surface area contributed by atoms with Gasteiger partial charge in [-0.2, -0.15) is 13.2 Å². The molecule has 1 atom stereocenters. The van der Waals surface area contributed by atoms with Crippen molar-refractivity contribution < 1.29 is 23.0 Å². The Hall–Kier alpha value is -1.73. The zero-order chi connectivity index (χ0) is 19.7. The van der Waals surface area contributed by atoms with Crippen molar-refractivity contribution in [2.75, 3.05) is 33.5 Å². The van der Waals surface area contributed by atoms with Gasteiger partial charge in [-0.15, -0.1) is 13.2 Å². The lowest BCUT2D eigenvalue weighted by molar-refractivity contribution is -0.259. The number of hydrogen-bond acceptors (Lipinski definition) is 4. The van der Waals surface area contributed by atoms with Gasteiger partial charge in [0.2, 0.25) is 0 Å². The van der Waals surface area contributed by atoms with Crippen LogP contribution in [0.25, 0.3) is 0 Å². The fourth-order valence-corrected chi connectivity index (χ4v) is 1.41. The molecular formula is C17H29F3N2O2. The second kappa shape index (κ2) is 10.2. The smallest absolute Gasteiger partial charge is 0.421 e. The minimum Gasteiger partial charge on any atom is -0.496 e. The van der Waals surface area contributed by atoms with Gasteiger partial charge in [0.15, 0.2) is 5.60 Å². The van der Waals surface area contributed by atoms with E-state index in [1.165, 1.54) is 19.2 Å². The molecule has 0 aromatic heterocycles. The number of alkyl halides is 3. The molecule has 0 aliphatic rings. The number of halogens is 3. The van der Waals surface area contributed by atoms with E-state index < -0.39 is 11.8 Å². The maximum Gasteiger partial charge on any atom is 0.421 e. The molecular weight excluding hydrogens is 321 g/mol. The number of aryl methyl sites for hydroxylation is 1. The van der Waals surface area contributed by atoms with Crippen molar-refractivity contribution in [3.8, 4) is 5.75 Å². The summed E-state index contributed by atoms with van der Waals surface area (Å²) in [4.78, 5) is 2.12. The molecule has 1 unspecified atom stereocenters. The normalized spacial score (nSPS) is 13.1. The number of benzene rings is 1. The van der Waals surface area contributed by atoms with Crippen molar-refractivity contribution in [1.29, 1.82) is 0 Å². The number of nitrogen functional groups attached to an aromatic ring is 1. The third-order valence-corrected chi connectivity index (χ3v) is 3.30. The van der Waals surface area contributed by atoms with E-state index in [2.05, 4.69) is 39.1 Å². The molecule has 24 heavy (non-hydrogen) atoms. The maximum absolute atomic E-state index is 12.7. The van der Waals surface area contributed by atoms with Crippen LogP contribution in [-0.4, -0.2) is 43.9 Å². The minimum atomic E-state index is -4.79. The van der Waals surface area contributed by atoms with Crippen molar-refractivity contribution in [1.82, 2.24) is 4.90 Å². The van der Waals surface area contributed by atoms with E-state index in [4.69, 9.17) is 10.5 Å². The summed E-state index contributed by atoms with van der Waals surface area (Å²) in [7, 11) is 5.33. The van der Waals surface area contributed by atoms with Crippen LogP contribution in [-0.2, 0) is 5.60 Å². The maximum atomic E-state index is 12.7. The van der Waals surface area contributed by atoms with Gasteiger partial charge in [-0.05, 0) is 46.1 Å². The van der Waals surface area contributed by atoms with Crippen LogP contribution in [0.5, 0.6) is 5.75 Å². The molecule has 7 heteroatoms. The minimum absolute atomic E-state index is 0.0876. The molecule has 0 amide bonds. The van der Waals surface area contributed by atoms with Gasteiger partial charge < -0.3 is 20.5 Å². The molecule has 0 bridgehead atoms. The lowest BCUT2D eigenvalue weighted by Gasteiger charge is -2.28. The van der Waals surface area contributed by atoms with Gasteiger partial charge in [-0.3, -0.25) is 0 Å². The van der Waals surface area contributed by atoms with Crippen LogP contribution in [0.3, 0.4) is 0 Å².